The summed E-state index contributed by atoms with van der Waals surface area (Å²) < 4.78 is 1.87. The van der Waals surface area contributed by atoms with E-state index in [4.69, 9.17) is 5.73 Å². The molecule has 12 heavy (non-hydrogen) atoms. The number of nitrogens with two attached hydrogens (primary N) is 1. The zero-order chi connectivity index (χ0) is 8.55. The third kappa shape index (κ3) is 1.10. The fraction of sp³-hybridized carbons (Fsp3) is 0.857. The molecule has 66 valence electrons. The highest BCUT2D eigenvalue weighted by Gasteiger charge is 2.39. The summed E-state index contributed by atoms with van der Waals surface area (Å²) in [4.78, 5) is 0. The van der Waals surface area contributed by atoms with Gasteiger partial charge in [-0.1, -0.05) is 13.3 Å². The third-order valence-corrected chi connectivity index (χ3v) is 2.47. The number of nitrogens with zero attached hydrogens (tertiary/aromatic N) is 4. The maximum absolute atomic E-state index is 5.48. The molecule has 0 saturated heterocycles. The Morgan fingerprint density at radius 2 is 2.50 bits per heavy atom. The summed E-state index contributed by atoms with van der Waals surface area (Å²) in [5.41, 5.74) is 5.48. The van der Waals surface area contributed by atoms with E-state index in [1.165, 1.54) is 12.8 Å². The van der Waals surface area contributed by atoms with Crippen molar-refractivity contribution in [2.75, 3.05) is 0 Å². The minimum atomic E-state index is 0.430. The number of tetrazole rings is 1. The first kappa shape index (κ1) is 7.67. The Hall–Kier alpha value is -0.970. The summed E-state index contributed by atoms with van der Waals surface area (Å²) in [5.74, 6) is 1.56. The molecule has 1 aromatic heterocycles. The first-order valence-electron chi connectivity index (χ1n) is 4.33. The largest absolute Gasteiger partial charge is 0.324 e. The van der Waals surface area contributed by atoms with Crippen molar-refractivity contribution in [3.63, 3.8) is 0 Å². The van der Waals surface area contributed by atoms with E-state index in [0.717, 1.165) is 11.7 Å². The van der Waals surface area contributed by atoms with Crippen molar-refractivity contribution in [1.82, 2.24) is 20.2 Å². The van der Waals surface area contributed by atoms with E-state index in [1.807, 2.05) is 4.68 Å². The molecule has 5 heteroatoms. The van der Waals surface area contributed by atoms with Gasteiger partial charge in [-0.2, -0.15) is 0 Å². The van der Waals surface area contributed by atoms with Crippen LogP contribution in [0.4, 0.5) is 0 Å². The Kier molecular flexibility index (Phi) is 1.80. The van der Waals surface area contributed by atoms with Gasteiger partial charge in [-0.3, -0.25) is 0 Å². The minimum absolute atomic E-state index is 0.430. The molecule has 0 aromatic carbocycles. The standard InChI is InChI=1S/C7H13N5/c1-2-5-3-6(5)12-7(4-8)9-10-11-12/h5-6H,2-4,8H2,1H3. The summed E-state index contributed by atoms with van der Waals surface area (Å²) in [6.45, 7) is 2.62. The van der Waals surface area contributed by atoms with E-state index >= 15 is 0 Å². The molecule has 1 fully saturated rings. The maximum Gasteiger partial charge on any atom is 0.165 e. The average Bonchev–Trinajstić information content (AvgIpc) is 2.74. The van der Waals surface area contributed by atoms with Crippen LogP contribution in [-0.4, -0.2) is 20.2 Å². The van der Waals surface area contributed by atoms with Crippen molar-refractivity contribution in [2.45, 2.75) is 32.4 Å². The van der Waals surface area contributed by atoms with Crippen LogP contribution in [-0.2, 0) is 6.54 Å². The molecular weight excluding hydrogens is 154 g/mol. The Bertz CT molecular complexity index is 269. The van der Waals surface area contributed by atoms with Gasteiger partial charge in [-0.05, 0) is 22.8 Å². The zero-order valence-electron chi connectivity index (χ0n) is 7.14. The van der Waals surface area contributed by atoms with Crippen molar-refractivity contribution in [2.24, 2.45) is 11.7 Å². The van der Waals surface area contributed by atoms with Crippen molar-refractivity contribution in [3.8, 4) is 0 Å². The Morgan fingerprint density at radius 1 is 1.67 bits per heavy atom. The highest BCUT2D eigenvalue weighted by atomic mass is 15.6. The third-order valence-electron chi connectivity index (χ3n) is 2.47. The van der Waals surface area contributed by atoms with Gasteiger partial charge in [0, 0.05) is 0 Å². The van der Waals surface area contributed by atoms with Crippen molar-refractivity contribution < 1.29 is 0 Å². The second-order valence-electron chi connectivity index (χ2n) is 3.22. The van der Waals surface area contributed by atoms with Crippen molar-refractivity contribution in [3.05, 3.63) is 5.82 Å². The summed E-state index contributed by atoms with van der Waals surface area (Å²) in [6, 6.07) is 0.517. The van der Waals surface area contributed by atoms with Gasteiger partial charge >= 0.3 is 0 Å². The zero-order valence-corrected chi connectivity index (χ0v) is 7.14. The lowest BCUT2D eigenvalue weighted by atomic mass is 10.3. The first-order valence-corrected chi connectivity index (χ1v) is 4.33. The molecule has 0 aliphatic heterocycles. The molecule has 2 atom stereocenters. The molecule has 2 N–H and O–H groups in total. The summed E-state index contributed by atoms with van der Waals surface area (Å²) >= 11 is 0. The smallest absolute Gasteiger partial charge is 0.165 e. The van der Waals surface area contributed by atoms with Gasteiger partial charge in [0.15, 0.2) is 5.82 Å². The van der Waals surface area contributed by atoms with E-state index < -0.39 is 0 Å². The predicted octanol–water partition coefficient (Wildman–Crippen LogP) is 0.103. The lowest BCUT2D eigenvalue weighted by Crippen LogP contribution is -2.09. The monoisotopic (exact) mass is 167 g/mol. The molecule has 1 aromatic rings. The van der Waals surface area contributed by atoms with Crippen LogP contribution in [0.5, 0.6) is 0 Å². The normalized spacial score (nSPS) is 27.5. The number of rotatable bonds is 3. The van der Waals surface area contributed by atoms with Crippen molar-refractivity contribution in [1.29, 1.82) is 0 Å². The van der Waals surface area contributed by atoms with E-state index in [-0.39, 0.29) is 0 Å². The minimum Gasteiger partial charge on any atom is -0.324 e. The molecule has 1 aliphatic rings. The number of hydrogen-bond acceptors (Lipinski definition) is 4. The maximum atomic E-state index is 5.48. The second-order valence-corrected chi connectivity index (χ2v) is 3.22. The van der Waals surface area contributed by atoms with Gasteiger partial charge in [-0.15, -0.1) is 5.10 Å². The van der Waals surface area contributed by atoms with Crippen LogP contribution in [0.3, 0.4) is 0 Å². The molecule has 2 rings (SSSR count). The summed E-state index contributed by atoms with van der Waals surface area (Å²) in [7, 11) is 0. The van der Waals surface area contributed by atoms with Crippen LogP contribution in [0.1, 0.15) is 31.6 Å². The fourth-order valence-electron chi connectivity index (χ4n) is 1.57. The molecule has 1 aliphatic carbocycles. The van der Waals surface area contributed by atoms with Gasteiger partial charge < -0.3 is 5.73 Å². The number of aromatic nitrogens is 4. The Morgan fingerprint density at radius 3 is 3.08 bits per heavy atom. The fourth-order valence-corrected chi connectivity index (χ4v) is 1.57. The summed E-state index contributed by atoms with van der Waals surface area (Å²) in [5, 5.41) is 11.4. The van der Waals surface area contributed by atoms with Gasteiger partial charge in [-0.25, -0.2) is 4.68 Å². The van der Waals surface area contributed by atoms with Crippen LogP contribution < -0.4 is 5.73 Å². The topological polar surface area (TPSA) is 69.6 Å². The molecule has 1 heterocycles. The second kappa shape index (κ2) is 2.82. The SMILES string of the molecule is CCC1CC1n1nnnc1CN. The molecule has 0 radical (unpaired) electrons. The Balaban J connectivity index is 2.13. The molecule has 0 spiro atoms. The van der Waals surface area contributed by atoms with E-state index in [0.29, 0.717) is 12.6 Å². The predicted molar refractivity (Wildman–Crippen MR) is 43.1 cm³/mol. The van der Waals surface area contributed by atoms with Gasteiger partial charge in [0.05, 0.1) is 12.6 Å². The van der Waals surface area contributed by atoms with Crippen LogP contribution in [0, 0.1) is 5.92 Å². The van der Waals surface area contributed by atoms with Crippen molar-refractivity contribution >= 4 is 0 Å². The average molecular weight is 167 g/mol. The van der Waals surface area contributed by atoms with E-state index in [9.17, 15) is 0 Å². The molecule has 5 nitrogen and oxygen atoms in total. The first-order chi connectivity index (χ1) is 5.86. The van der Waals surface area contributed by atoms with E-state index in [1.54, 1.807) is 0 Å². The molecule has 0 bridgehead atoms. The van der Waals surface area contributed by atoms with Crippen LogP contribution in [0.25, 0.3) is 0 Å². The lowest BCUT2D eigenvalue weighted by molar-refractivity contribution is 0.538. The highest BCUT2D eigenvalue weighted by Crippen LogP contribution is 2.45. The summed E-state index contributed by atoms with van der Waals surface area (Å²) in [6.07, 6.45) is 2.41. The number of hydrogen-bond donors (Lipinski definition) is 1. The van der Waals surface area contributed by atoms with Crippen LogP contribution in [0.15, 0.2) is 0 Å². The van der Waals surface area contributed by atoms with E-state index in [2.05, 4.69) is 22.4 Å². The highest BCUT2D eigenvalue weighted by molar-refractivity contribution is 4.94. The quantitative estimate of drug-likeness (QED) is 0.693. The van der Waals surface area contributed by atoms with Gasteiger partial charge in [0.2, 0.25) is 0 Å². The molecular formula is C7H13N5. The van der Waals surface area contributed by atoms with Gasteiger partial charge in [0.25, 0.3) is 0 Å². The lowest BCUT2D eigenvalue weighted by Gasteiger charge is -1.99. The van der Waals surface area contributed by atoms with Crippen LogP contribution in [0.2, 0.25) is 0 Å². The molecule has 2 unspecified atom stereocenters. The van der Waals surface area contributed by atoms with Gasteiger partial charge in [0.1, 0.15) is 0 Å². The van der Waals surface area contributed by atoms with Crippen LogP contribution >= 0.6 is 0 Å². The molecule has 0 amide bonds. The molecule has 1 saturated carbocycles. The Labute approximate surface area is 70.9 Å².